The predicted octanol–water partition coefficient (Wildman–Crippen LogP) is 4.62. The van der Waals surface area contributed by atoms with Crippen LogP contribution < -0.4 is 4.74 Å². The van der Waals surface area contributed by atoms with Gasteiger partial charge in [-0.15, -0.1) is 0 Å². The molecule has 2 aromatic carbocycles. The number of rotatable bonds is 5. The summed E-state index contributed by atoms with van der Waals surface area (Å²) in [4.78, 5) is 18.9. The molecule has 0 radical (unpaired) electrons. The molecule has 2 aliphatic rings. The average Bonchev–Trinajstić information content (AvgIpc) is 3.39. The number of carbonyl (C=O) groups is 1. The second kappa shape index (κ2) is 8.15. The van der Waals surface area contributed by atoms with Gasteiger partial charge in [-0.25, -0.2) is 4.79 Å². The van der Waals surface area contributed by atoms with Crippen LogP contribution in [0.1, 0.15) is 46.4 Å². The second-order valence-electron chi connectivity index (χ2n) is 8.44. The van der Waals surface area contributed by atoms with Gasteiger partial charge in [-0.3, -0.25) is 4.90 Å². The lowest BCUT2D eigenvalue weighted by atomic mass is 9.96. The molecule has 1 atom stereocenters. The molecular formula is C25H28N2O3. The van der Waals surface area contributed by atoms with Crippen molar-refractivity contribution < 1.29 is 14.3 Å². The second-order valence-corrected chi connectivity index (χ2v) is 8.44. The Morgan fingerprint density at radius 2 is 1.97 bits per heavy atom. The summed E-state index contributed by atoms with van der Waals surface area (Å²) in [5.74, 6) is 0.629. The number of aryl methyl sites for hydroxylation is 2. The average molecular weight is 405 g/mol. The smallest absolute Gasteiger partial charge is 0.340 e. The topological polar surface area (TPSA) is 54.6 Å². The molecule has 5 heteroatoms. The van der Waals surface area contributed by atoms with Crippen LogP contribution in [0.4, 0.5) is 0 Å². The van der Waals surface area contributed by atoms with E-state index in [9.17, 15) is 4.79 Å². The maximum Gasteiger partial charge on any atom is 0.340 e. The third-order valence-corrected chi connectivity index (χ3v) is 6.30. The van der Waals surface area contributed by atoms with Crippen LogP contribution in [0.15, 0.2) is 42.5 Å². The molecule has 3 heterocycles. The van der Waals surface area contributed by atoms with Gasteiger partial charge in [0.2, 0.25) is 0 Å². The van der Waals surface area contributed by atoms with Gasteiger partial charge in [0.15, 0.2) is 0 Å². The van der Waals surface area contributed by atoms with Crippen molar-refractivity contribution >= 4 is 16.9 Å². The van der Waals surface area contributed by atoms with E-state index in [0.29, 0.717) is 5.56 Å². The summed E-state index contributed by atoms with van der Waals surface area (Å²) in [6, 6.07) is 13.9. The van der Waals surface area contributed by atoms with Crippen LogP contribution in [-0.2, 0) is 17.8 Å². The monoisotopic (exact) mass is 404 g/mol. The lowest BCUT2D eigenvalue weighted by Crippen LogP contribution is -2.36. The number of hydrogen-bond donors (Lipinski definition) is 1. The summed E-state index contributed by atoms with van der Waals surface area (Å²) in [6.07, 6.45) is 4.70. The van der Waals surface area contributed by atoms with E-state index in [0.717, 1.165) is 52.9 Å². The molecule has 0 saturated carbocycles. The molecule has 0 spiro atoms. The summed E-state index contributed by atoms with van der Waals surface area (Å²) in [5.41, 5.74) is 4.56. The highest BCUT2D eigenvalue weighted by Crippen LogP contribution is 2.37. The number of H-pyrrole nitrogens is 1. The zero-order valence-electron chi connectivity index (χ0n) is 17.4. The Morgan fingerprint density at radius 3 is 2.77 bits per heavy atom. The van der Waals surface area contributed by atoms with Gasteiger partial charge in [0.05, 0.1) is 5.56 Å². The Hall–Kier alpha value is -2.79. The lowest BCUT2D eigenvalue weighted by molar-refractivity contribution is 0.0474. The standard InChI is InChI=1S/C25H28N2O3/c1-17-23(25(28)29-16-18-7-3-2-4-8-18)24-20-10-9-19(15-27-13-5-6-14-27)30-22(20)12-11-21(24)26-17/h2-4,7-8,11-12,19,26H,5-6,9-10,13-16H2,1H3. The van der Waals surface area contributed by atoms with Crippen LogP contribution in [0.25, 0.3) is 10.9 Å². The van der Waals surface area contributed by atoms with Crippen LogP contribution in [0.3, 0.4) is 0 Å². The Kier molecular flexibility index (Phi) is 5.21. The maximum atomic E-state index is 13.0. The number of nitrogens with zero attached hydrogens (tertiary/aromatic N) is 1. The van der Waals surface area contributed by atoms with Gasteiger partial charge in [0.1, 0.15) is 18.5 Å². The molecule has 2 aliphatic heterocycles. The van der Waals surface area contributed by atoms with Gasteiger partial charge < -0.3 is 14.5 Å². The molecule has 1 aromatic heterocycles. The van der Waals surface area contributed by atoms with Gasteiger partial charge in [-0.05, 0) is 63.4 Å². The molecule has 1 saturated heterocycles. The number of likely N-dealkylation sites (tertiary alicyclic amines) is 1. The minimum atomic E-state index is -0.282. The van der Waals surface area contributed by atoms with Gasteiger partial charge in [-0.2, -0.15) is 0 Å². The molecular weight excluding hydrogens is 376 g/mol. The number of carbonyl (C=O) groups excluding carboxylic acids is 1. The fourth-order valence-electron chi connectivity index (χ4n) is 4.81. The van der Waals surface area contributed by atoms with Gasteiger partial charge in [0.25, 0.3) is 0 Å². The van der Waals surface area contributed by atoms with E-state index in [1.807, 2.05) is 49.4 Å². The number of aromatic nitrogens is 1. The molecule has 1 fully saturated rings. The van der Waals surface area contributed by atoms with Gasteiger partial charge in [0, 0.05) is 28.7 Å². The molecule has 5 rings (SSSR count). The summed E-state index contributed by atoms with van der Waals surface area (Å²) in [7, 11) is 0. The summed E-state index contributed by atoms with van der Waals surface area (Å²) in [5, 5.41) is 0.961. The molecule has 1 unspecified atom stereocenters. The third-order valence-electron chi connectivity index (χ3n) is 6.30. The van der Waals surface area contributed by atoms with Crippen molar-refractivity contribution in [2.75, 3.05) is 19.6 Å². The molecule has 5 nitrogen and oxygen atoms in total. The van der Waals surface area contributed by atoms with Crippen LogP contribution in [0.2, 0.25) is 0 Å². The molecule has 1 N–H and O–H groups in total. The lowest BCUT2D eigenvalue weighted by Gasteiger charge is -2.29. The Labute approximate surface area is 177 Å². The minimum absolute atomic E-state index is 0.224. The summed E-state index contributed by atoms with van der Waals surface area (Å²) in [6.45, 7) is 5.57. The highest BCUT2D eigenvalue weighted by Gasteiger charge is 2.28. The van der Waals surface area contributed by atoms with Crippen LogP contribution in [0, 0.1) is 6.92 Å². The van der Waals surface area contributed by atoms with Crippen molar-refractivity contribution in [3.05, 3.63) is 64.8 Å². The summed E-state index contributed by atoms with van der Waals surface area (Å²) < 4.78 is 12.0. The number of aromatic amines is 1. The van der Waals surface area contributed by atoms with E-state index in [2.05, 4.69) is 9.88 Å². The first-order valence-corrected chi connectivity index (χ1v) is 10.9. The highest BCUT2D eigenvalue weighted by atomic mass is 16.5. The summed E-state index contributed by atoms with van der Waals surface area (Å²) >= 11 is 0. The van der Waals surface area contributed by atoms with E-state index in [4.69, 9.17) is 9.47 Å². The molecule has 0 bridgehead atoms. The van der Waals surface area contributed by atoms with Crippen molar-refractivity contribution in [3.63, 3.8) is 0 Å². The van der Waals surface area contributed by atoms with Crippen LogP contribution in [0.5, 0.6) is 5.75 Å². The van der Waals surface area contributed by atoms with E-state index < -0.39 is 0 Å². The maximum absolute atomic E-state index is 13.0. The quantitative estimate of drug-likeness (QED) is 0.631. The van der Waals surface area contributed by atoms with Crippen molar-refractivity contribution in [2.24, 2.45) is 0 Å². The van der Waals surface area contributed by atoms with Crippen molar-refractivity contribution in [1.82, 2.24) is 9.88 Å². The van der Waals surface area contributed by atoms with Gasteiger partial charge in [-0.1, -0.05) is 30.3 Å². The van der Waals surface area contributed by atoms with E-state index in [-0.39, 0.29) is 18.7 Å². The van der Waals surface area contributed by atoms with Crippen LogP contribution >= 0.6 is 0 Å². The molecule has 0 aliphatic carbocycles. The molecule has 3 aromatic rings. The van der Waals surface area contributed by atoms with Gasteiger partial charge >= 0.3 is 5.97 Å². The normalized spacial score (nSPS) is 18.9. The molecule has 156 valence electrons. The number of nitrogens with one attached hydrogen (secondary N) is 1. The van der Waals surface area contributed by atoms with Crippen molar-refractivity contribution in [2.45, 2.75) is 45.3 Å². The first kappa shape index (κ1) is 19.2. The third kappa shape index (κ3) is 3.70. The molecule has 0 amide bonds. The Balaban J connectivity index is 1.39. The number of fused-ring (bicyclic) bond motifs is 3. The highest BCUT2D eigenvalue weighted by molar-refractivity contribution is 6.07. The van der Waals surface area contributed by atoms with E-state index in [1.54, 1.807) is 0 Å². The fourth-order valence-corrected chi connectivity index (χ4v) is 4.81. The largest absolute Gasteiger partial charge is 0.489 e. The predicted molar refractivity (Wildman–Crippen MR) is 117 cm³/mol. The first-order valence-electron chi connectivity index (χ1n) is 10.9. The number of esters is 1. The molecule has 30 heavy (non-hydrogen) atoms. The Morgan fingerprint density at radius 1 is 1.17 bits per heavy atom. The SMILES string of the molecule is Cc1[nH]c2ccc3c(c2c1C(=O)OCc1ccccc1)CCC(CN1CCCC1)O3. The zero-order valence-corrected chi connectivity index (χ0v) is 17.4. The van der Waals surface area contributed by atoms with Crippen molar-refractivity contribution in [3.8, 4) is 5.75 Å². The van der Waals surface area contributed by atoms with Crippen molar-refractivity contribution in [1.29, 1.82) is 0 Å². The minimum Gasteiger partial charge on any atom is -0.489 e. The number of hydrogen-bond acceptors (Lipinski definition) is 4. The number of benzene rings is 2. The first-order chi connectivity index (χ1) is 14.7. The van der Waals surface area contributed by atoms with E-state index in [1.165, 1.54) is 25.9 Å². The fraction of sp³-hybridized carbons (Fsp3) is 0.400. The van der Waals surface area contributed by atoms with E-state index >= 15 is 0 Å². The zero-order chi connectivity index (χ0) is 20.5. The van der Waals surface area contributed by atoms with Crippen LogP contribution in [-0.4, -0.2) is 41.6 Å². The Bertz CT molecular complexity index is 1050. The number of ether oxygens (including phenoxy) is 2.